The Morgan fingerprint density at radius 1 is 1.21 bits per heavy atom. The van der Waals surface area contributed by atoms with E-state index in [2.05, 4.69) is 17.2 Å². The molecule has 2 rings (SSSR count). The zero-order chi connectivity index (χ0) is 18.4. The van der Waals surface area contributed by atoms with E-state index in [9.17, 15) is 26.3 Å². The number of hydrogen-bond donors (Lipinski definition) is 2. The van der Waals surface area contributed by atoms with Crippen molar-refractivity contribution in [1.82, 2.24) is 5.32 Å². The van der Waals surface area contributed by atoms with Gasteiger partial charge in [0.15, 0.2) is 0 Å². The fourth-order valence-electron chi connectivity index (χ4n) is 1.74. The van der Waals surface area contributed by atoms with Gasteiger partial charge in [-0.2, -0.15) is 26.3 Å². The summed E-state index contributed by atoms with van der Waals surface area (Å²) >= 11 is 0. The van der Waals surface area contributed by atoms with Gasteiger partial charge in [-0.15, -0.1) is 0 Å². The third kappa shape index (κ3) is 6.91. The second-order valence-corrected chi connectivity index (χ2v) is 4.84. The molecule has 1 heterocycles. The van der Waals surface area contributed by atoms with Gasteiger partial charge in [0.1, 0.15) is 0 Å². The van der Waals surface area contributed by atoms with Crippen molar-refractivity contribution in [3.8, 4) is 11.8 Å². The highest BCUT2D eigenvalue weighted by atomic mass is 19.4. The van der Waals surface area contributed by atoms with Crippen LogP contribution in [0.4, 0.5) is 26.3 Å². The molecule has 0 aromatic heterocycles. The van der Waals surface area contributed by atoms with Crippen molar-refractivity contribution in [2.45, 2.75) is 18.8 Å². The number of carbonyl (C=O) groups is 1. The molecule has 1 fully saturated rings. The molecule has 0 saturated carbocycles. The van der Waals surface area contributed by atoms with Crippen molar-refractivity contribution >= 4 is 5.97 Å². The van der Waals surface area contributed by atoms with Crippen LogP contribution in [0.25, 0.3) is 0 Å². The number of alkyl halides is 6. The maximum Gasteiger partial charge on any atom is 0.490 e. The first-order valence-electron chi connectivity index (χ1n) is 6.70. The molecule has 0 radical (unpaired) electrons. The molecule has 24 heavy (non-hydrogen) atoms. The number of aliphatic carboxylic acids is 1. The van der Waals surface area contributed by atoms with Crippen LogP contribution in [-0.4, -0.2) is 30.3 Å². The lowest BCUT2D eigenvalue weighted by Gasteiger charge is -2.05. The van der Waals surface area contributed by atoms with Crippen molar-refractivity contribution in [1.29, 1.82) is 0 Å². The molecule has 0 aliphatic carbocycles. The van der Waals surface area contributed by atoms with Gasteiger partial charge in [0.2, 0.25) is 0 Å². The molecule has 1 saturated heterocycles. The summed E-state index contributed by atoms with van der Waals surface area (Å²) in [4.78, 5) is 8.90. The Morgan fingerprint density at radius 3 is 2.29 bits per heavy atom. The zero-order valence-corrected chi connectivity index (χ0v) is 12.1. The third-order valence-electron chi connectivity index (χ3n) is 2.91. The minimum atomic E-state index is -5.08. The van der Waals surface area contributed by atoms with Crippen LogP contribution < -0.4 is 5.32 Å². The number of nitrogens with one attached hydrogen (secondary N) is 1. The summed E-state index contributed by atoms with van der Waals surface area (Å²) < 4.78 is 69.1. The van der Waals surface area contributed by atoms with Crippen LogP contribution in [0.2, 0.25) is 0 Å². The molecule has 1 atom stereocenters. The number of rotatable bonds is 0. The monoisotopic (exact) mass is 353 g/mol. The van der Waals surface area contributed by atoms with Gasteiger partial charge < -0.3 is 10.4 Å². The Balaban J connectivity index is 0.000000351. The average Bonchev–Trinajstić information content (AvgIpc) is 2.97. The quantitative estimate of drug-likeness (QED) is 0.556. The molecule has 1 aliphatic heterocycles. The molecule has 1 aromatic carbocycles. The van der Waals surface area contributed by atoms with Gasteiger partial charge in [-0.3, -0.25) is 0 Å². The number of carboxylic acid groups (broad SMARTS) is 1. The van der Waals surface area contributed by atoms with Crippen LogP contribution in [-0.2, 0) is 11.0 Å². The van der Waals surface area contributed by atoms with Crippen LogP contribution in [0.5, 0.6) is 0 Å². The minimum absolute atomic E-state index is 0.254. The maximum atomic E-state index is 12.5. The SMILES string of the molecule is FC(F)(F)c1cccc(C#CC2CCNC2)c1.O=C(O)C(F)(F)F. The average molecular weight is 353 g/mol. The Hall–Kier alpha value is -2.21. The second kappa shape index (κ2) is 8.06. The Morgan fingerprint density at radius 2 is 1.83 bits per heavy atom. The van der Waals surface area contributed by atoms with E-state index < -0.39 is 23.9 Å². The van der Waals surface area contributed by atoms with Crippen molar-refractivity contribution in [3.63, 3.8) is 0 Å². The van der Waals surface area contributed by atoms with Gasteiger partial charge in [-0.25, -0.2) is 4.79 Å². The molecule has 132 valence electrons. The lowest BCUT2D eigenvalue weighted by Crippen LogP contribution is -2.21. The fourth-order valence-corrected chi connectivity index (χ4v) is 1.74. The molecule has 1 aliphatic rings. The summed E-state index contributed by atoms with van der Waals surface area (Å²) in [7, 11) is 0. The molecule has 0 spiro atoms. The van der Waals surface area contributed by atoms with Gasteiger partial charge in [0.05, 0.1) is 5.56 Å². The predicted octanol–water partition coefficient (Wildman–Crippen LogP) is 3.30. The summed E-state index contributed by atoms with van der Waals surface area (Å²) in [5, 5.41) is 10.3. The zero-order valence-electron chi connectivity index (χ0n) is 12.1. The van der Waals surface area contributed by atoms with E-state index in [-0.39, 0.29) is 5.92 Å². The summed E-state index contributed by atoms with van der Waals surface area (Å²) in [5.41, 5.74) is -0.222. The van der Waals surface area contributed by atoms with Crippen molar-refractivity contribution in [2.75, 3.05) is 13.1 Å². The van der Waals surface area contributed by atoms with E-state index in [0.29, 0.717) is 5.56 Å². The number of halogens is 6. The van der Waals surface area contributed by atoms with E-state index in [4.69, 9.17) is 9.90 Å². The van der Waals surface area contributed by atoms with Crippen molar-refractivity contribution in [3.05, 3.63) is 35.4 Å². The predicted molar refractivity (Wildman–Crippen MR) is 73.0 cm³/mol. The van der Waals surface area contributed by atoms with Crippen LogP contribution in [0.1, 0.15) is 17.5 Å². The standard InChI is InChI=1S/C13H12F3N.C2HF3O2/c14-13(15,16)12-3-1-2-10(8-12)4-5-11-6-7-17-9-11;3-2(4,5)1(6)7/h1-3,8,11,17H,6-7,9H2;(H,6,7). The highest BCUT2D eigenvalue weighted by Crippen LogP contribution is 2.29. The summed E-state index contributed by atoms with van der Waals surface area (Å²) in [6.07, 6.45) is -8.42. The van der Waals surface area contributed by atoms with E-state index >= 15 is 0 Å². The van der Waals surface area contributed by atoms with Gasteiger partial charge >= 0.3 is 18.3 Å². The van der Waals surface area contributed by atoms with E-state index in [1.807, 2.05) is 0 Å². The van der Waals surface area contributed by atoms with E-state index in [0.717, 1.165) is 31.6 Å². The molecule has 1 aromatic rings. The Kier molecular flexibility index (Phi) is 6.66. The molecular formula is C15H13F6NO2. The number of benzene rings is 1. The number of carboxylic acids is 1. The lowest BCUT2D eigenvalue weighted by atomic mass is 10.1. The topological polar surface area (TPSA) is 49.3 Å². The van der Waals surface area contributed by atoms with E-state index in [1.165, 1.54) is 6.07 Å². The van der Waals surface area contributed by atoms with Gasteiger partial charge in [0.25, 0.3) is 0 Å². The summed E-state index contributed by atoms with van der Waals surface area (Å²) in [6, 6.07) is 5.14. The van der Waals surface area contributed by atoms with Crippen LogP contribution >= 0.6 is 0 Å². The Bertz CT molecular complexity index is 621. The van der Waals surface area contributed by atoms with Gasteiger partial charge in [-0.05, 0) is 31.2 Å². The first-order chi connectivity index (χ1) is 11.0. The first-order valence-corrected chi connectivity index (χ1v) is 6.70. The normalized spacial score (nSPS) is 17.3. The highest BCUT2D eigenvalue weighted by Gasteiger charge is 2.38. The lowest BCUT2D eigenvalue weighted by molar-refractivity contribution is -0.192. The molecule has 3 nitrogen and oxygen atoms in total. The van der Waals surface area contributed by atoms with Crippen LogP contribution in [0, 0.1) is 17.8 Å². The first kappa shape index (κ1) is 19.8. The van der Waals surface area contributed by atoms with Gasteiger partial charge in [0, 0.05) is 18.0 Å². The molecule has 9 heteroatoms. The molecule has 2 N–H and O–H groups in total. The minimum Gasteiger partial charge on any atom is -0.475 e. The molecule has 1 unspecified atom stereocenters. The molecular weight excluding hydrogens is 340 g/mol. The molecule has 0 bridgehead atoms. The number of hydrogen-bond acceptors (Lipinski definition) is 2. The van der Waals surface area contributed by atoms with Crippen LogP contribution in [0.3, 0.4) is 0 Å². The van der Waals surface area contributed by atoms with Crippen molar-refractivity contribution < 1.29 is 36.2 Å². The van der Waals surface area contributed by atoms with Crippen molar-refractivity contribution in [2.24, 2.45) is 5.92 Å². The summed E-state index contributed by atoms with van der Waals surface area (Å²) in [6.45, 7) is 1.76. The molecule has 0 amide bonds. The maximum absolute atomic E-state index is 12.5. The second-order valence-electron chi connectivity index (χ2n) is 4.84. The summed E-state index contributed by atoms with van der Waals surface area (Å²) in [5.74, 6) is 3.30. The van der Waals surface area contributed by atoms with E-state index in [1.54, 1.807) is 6.07 Å². The fraction of sp³-hybridized carbons (Fsp3) is 0.400. The smallest absolute Gasteiger partial charge is 0.475 e. The third-order valence-corrected chi connectivity index (χ3v) is 2.91. The van der Waals surface area contributed by atoms with Crippen LogP contribution in [0.15, 0.2) is 24.3 Å². The largest absolute Gasteiger partial charge is 0.490 e. The highest BCUT2D eigenvalue weighted by molar-refractivity contribution is 5.73. The van der Waals surface area contributed by atoms with Gasteiger partial charge in [-0.1, -0.05) is 17.9 Å². The Labute approximate surface area is 133 Å².